The Morgan fingerprint density at radius 1 is 0.848 bits per heavy atom. The van der Waals surface area contributed by atoms with E-state index in [1.807, 2.05) is 56.3 Å². The molecule has 33 heavy (non-hydrogen) atoms. The molecule has 1 aliphatic carbocycles. The van der Waals surface area contributed by atoms with Gasteiger partial charge in [-0.3, -0.25) is 9.59 Å². The zero-order valence-corrected chi connectivity index (χ0v) is 18.2. The van der Waals surface area contributed by atoms with Gasteiger partial charge in [0, 0.05) is 51.2 Å². The van der Waals surface area contributed by atoms with Crippen molar-refractivity contribution < 1.29 is 19.8 Å². The molecule has 0 aliphatic heterocycles. The molecule has 6 heteroatoms. The summed E-state index contributed by atoms with van der Waals surface area (Å²) < 4.78 is 0. The number of carbonyl (C=O) groups excluding carboxylic acids is 2. The number of Topliss-reactive ketones (excluding diaryl/α,β-unsaturated/α-hetero) is 2. The molecule has 2 heterocycles. The molecule has 0 atom stereocenters. The number of hydrogen-bond acceptors (Lipinski definition) is 4. The Labute approximate surface area is 189 Å². The standard InChI is InChI=1S/C27H22N2O4/c1-14(2)11-12-20-21(16-8-4-6-10-19(16)29-20)23-26(32)24(30)22(25(31)27(23)33)17-13-28-18-9-5-3-7-15(17)18/h3-11,13,28-30,33H,12H2,1-2H3. The summed E-state index contributed by atoms with van der Waals surface area (Å²) in [5.74, 6) is -2.90. The number of nitrogens with one attached hydrogen (secondary N) is 2. The van der Waals surface area contributed by atoms with Crippen LogP contribution in [0.3, 0.4) is 0 Å². The molecular formula is C27H22N2O4. The lowest BCUT2D eigenvalue weighted by atomic mass is 9.85. The van der Waals surface area contributed by atoms with Gasteiger partial charge in [-0.2, -0.15) is 0 Å². The Bertz CT molecular complexity index is 1560. The van der Waals surface area contributed by atoms with Crippen LogP contribution in [-0.2, 0) is 16.0 Å². The number of aliphatic hydroxyl groups is 2. The van der Waals surface area contributed by atoms with Gasteiger partial charge >= 0.3 is 0 Å². The van der Waals surface area contributed by atoms with Crippen molar-refractivity contribution in [3.05, 3.63) is 94.7 Å². The fourth-order valence-corrected chi connectivity index (χ4v) is 4.38. The molecule has 4 N–H and O–H groups in total. The molecule has 0 saturated carbocycles. The largest absolute Gasteiger partial charge is 0.504 e. The molecular weight excluding hydrogens is 416 g/mol. The maximum Gasteiger partial charge on any atom is 0.232 e. The minimum absolute atomic E-state index is 0.185. The van der Waals surface area contributed by atoms with Crippen LogP contribution in [0, 0.1) is 0 Å². The highest BCUT2D eigenvalue weighted by atomic mass is 16.3. The number of ketones is 2. The van der Waals surface area contributed by atoms with E-state index in [4.69, 9.17) is 0 Å². The van der Waals surface area contributed by atoms with Crippen molar-refractivity contribution in [1.29, 1.82) is 0 Å². The van der Waals surface area contributed by atoms with Crippen LogP contribution in [0.2, 0.25) is 0 Å². The first-order valence-electron chi connectivity index (χ1n) is 10.6. The van der Waals surface area contributed by atoms with Gasteiger partial charge in [0.15, 0.2) is 11.5 Å². The second-order valence-corrected chi connectivity index (χ2v) is 8.36. The average molecular weight is 438 g/mol. The molecule has 0 unspecified atom stereocenters. The normalized spacial score (nSPS) is 14.6. The van der Waals surface area contributed by atoms with Crippen LogP contribution in [0.4, 0.5) is 0 Å². The van der Waals surface area contributed by atoms with Crippen LogP contribution in [0.1, 0.15) is 30.7 Å². The molecule has 2 aromatic carbocycles. The zero-order valence-electron chi connectivity index (χ0n) is 18.2. The van der Waals surface area contributed by atoms with E-state index < -0.39 is 23.1 Å². The Morgan fingerprint density at radius 3 is 2.18 bits per heavy atom. The summed E-state index contributed by atoms with van der Waals surface area (Å²) in [6.07, 6.45) is 4.03. The number of aromatic nitrogens is 2. The van der Waals surface area contributed by atoms with Crippen LogP contribution in [0.15, 0.2) is 77.9 Å². The number of benzene rings is 2. The Kier molecular flexibility index (Phi) is 4.78. The van der Waals surface area contributed by atoms with Crippen molar-refractivity contribution in [2.45, 2.75) is 20.3 Å². The third kappa shape index (κ3) is 3.19. The first-order chi connectivity index (χ1) is 15.9. The third-order valence-corrected chi connectivity index (χ3v) is 5.96. The monoisotopic (exact) mass is 438 g/mol. The van der Waals surface area contributed by atoms with Crippen molar-refractivity contribution >= 4 is 44.5 Å². The minimum atomic E-state index is -0.787. The fourth-order valence-electron chi connectivity index (χ4n) is 4.38. The molecule has 0 fully saturated rings. The van der Waals surface area contributed by atoms with Gasteiger partial charge in [-0.05, 0) is 26.0 Å². The average Bonchev–Trinajstić information content (AvgIpc) is 3.39. The smallest absolute Gasteiger partial charge is 0.232 e. The second kappa shape index (κ2) is 7.67. The predicted octanol–water partition coefficient (Wildman–Crippen LogP) is 5.55. The third-order valence-electron chi connectivity index (χ3n) is 5.96. The highest BCUT2D eigenvalue weighted by molar-refractivity contribution is 6.48. The van der Waals surface area contributed by atoms with E-state index in [9.17, 15) is 19.8 Å². The van der Waals surface area contributed by atoms with E-state index in [2.05, 4.69) is 9.97 Å². The topological polar surface area (TPSA) is 106 Å². The van der Waals surface area contributed by atoms with E-state index in [1.165, 1.54) is 0 Å². The van der Waals surface area contributed by atoms with E-state index in [1.54, 1.807) is 18.3 Å². The molecule has 0 amide bonds. The maximum atomic E-state index is 13.4. The first kappa shape index (κ1) is 20.6. The van der Waals surface area contributed by atoms with Crippen molar-refractivity contribution in [2.75, 3.05) is 0 Å². The Balaban J connectivity index is 1.72. The Morgan fingerprint density at radius 2 is 1.45 bits per heavy atom. The SMILES string of the molecule is CC(C)=CCc1[nH]c2ccccc2c1C1=C(O)C(=O)C(c2c[nH]c3ccccc23)=C(O)C1=O. The fraction of sp³-hybridized carbons (Fsp3) is 0.111. The van der Waals surface area contributed by atoms with Crippen LogP contribution in [0.25, 0.3) is 33.0 Å². The number of H-pyrrole nitrogens is 2. The minimum Gasteiger partial charge on any atom is -0.504 e. The summed E-state index contributed by atoms with van der Waals surface area (Å²) in [5.41, 5.74) is 3.72. The summed E-state index contributed by atoms with van der Waals surface area (Å²) in [6, 6.07) is 14.6. The summed E-state index contributed by atoms with van der Waals surface area (Å²) in [5, 5.41) is 23.3. The summed E-state index contributed by atoms with van der Waals surface area (Å²) in [6.45, 7) is 3.94. The number of hydrogen-bond donors (Lipinski definition) is 4. The molecule has 0 saturated heterocycles. The highest BCUT2D eigenvalue weighted by Gasteiger charge is 2.38. The summed E-state index contributed by atoms with van der Waals surface area (Å²) >= 11 is 0. The van der Waals surface area contributed by atoms with Crippen molar-refractivity contribution in [2.24, 2.45) is 0 Å². The number of para-hydroxylation sites is 2. The van der Waals surface area contributed by atoms with Gasteiger partial charge in [-0.15, -0.1) is 0 Å². The lowest BCUT2D eigenvalue weighted by Crippen LogP contribution is -2.23. The van der Waals surface area contributed by atoms with Crippen molar-refractivity contribution in [3.8, 4) is 0 Å². The first-order valence-corrected chi connectivity index (χ1v) is 10.6. The molecule has 1 aliphatic rings. The highest BCUT2D eigenvalue weighted by Crippen LogP contribution is 2.40. The van der Waals surface area contributed by atoms with E-state index in [-0.39, 0.29) is 11.1 Å². The van der Waals surface area contributed by atoms with Gasteiger partial charge in [-0.25, -0.2) is 0 Å². The predicted molar refractivity (Wildman–Crippen MR) is 129 cm³/mol. The molecule has 0 radical (unpaired) electrons. The molecule has 5 rings (SSSR count). The van der Waals surface area contributed by atoms with E-state index >= 15 is 0 Å². The van der Waals surface area contributed by atoms with Crippen molar-refractivity contribution in [3.63, 3.8) is 0 Å². The van der Waals surface area contributed by atoms with Crippen LogP contribution >= 0.6 is 0 Å². The van der Waals surface area contributed by atoms with E-state index in [0.717, 1.165) is 16.6 Å². The Hall–Kier alpha value is -4.32. The quantitative estimate of drug-likeness (QED) is 0.248. The molecule has 4 aromatic rings. The number of aliphatic hydroxyl groups excluding tert-OH is 2. The van der Waals surface area contributed by atoms with Crippen LogP contribution in [0.5, 0.6) is 0 Å². The zero-order chi connectivity index (χ0) is 23.3. The number of aromatic amines is 2. The molecule has 2 aromatic heterocycles. The van der Waals surface area contributed by atoms with Gasteiger partial charge < -0.3 is 20.2 Å². The van der Waals surface area contributed by atoms with Gasteiger partial charge in [0.1, 0.15) is 0 Å². The maximum absolute atomic E-state index is 13.4. The summed E-state index contributed by atoms with van der Waals surface area (Å²) in [4.78, 5) is 33.1. The van der Waals surface area contributed by atoms with Gasteiger partial charge in [0.05, 0.1) is 11.1 Å². The number of fused-ring (bicyclic) bond motifs is 2. The second-order valence-electron chi connectivity index (χ2n) is 8.36. The summed E-state index contributed by atoms with van der Waals surface area (Å²) in [7, 11) is 0. The lowest BCUT2D eigenvalue weighted by molar-refractivity contribution is -0.116. The van der Waals surface area contributed by atoms with Crippen LogP contribution < -0.4 is 0 Å². The molecule has 6 nitrogen and oxygen atoms in total. The molecule has 164 valence electrons. The van der Waals surface area contributed by atoms with Gasteiger partial charge in [0.2, 0.25) is 11.6 Å². The number of allylic oxidation sites excluding steroid dienone is 4. The van der Waals surface area contributed by atoms with Gasteiger partial charge in [-0.1, -0.05) is 48.0 Å². The lowest BCUT2D eigenvalue weighted by Gasteiger charge is -2.18. The number of carbonyl (C=O) groups is 2. The van der Waals surface area contributed by atoms with Gasteiger partial charge in [0.25, 0.3) is 0 Å². The molecule has 0 spiro atoms. The van der Waals surface area contributed by atoms with Crippen molar-refractivity contribution in [1.82, 2.24) is 9.97 Å². The number of rotatable bonds is 4. The van der Waals surface area contributed by atoms with E-state index in [0.29, 0.717) is 34.0 Å². The molecule has 0 bridgehead atoms. The van der Waals surface area contributed by atoms with Crippen LogP contribution in [-0.4, -0.2) is 31.7 Å².